The van der Waals surface area contributed by atoms with E-state index >= 15 is 0 Å². The Morgan fingerprint density at radius 3 is 2.52 bits per heavy atom. The van der Waals surface area contributed by atoms with Crippen molar-refractivity contribution in [2.75, 3.05) is 24.3 Å². The highest BCUT2D eigenvalue weighted by Gasteiger charge is 2.20. The van der Waals surface area contributed by atoms with Gasteiger partial charge >= 0.3 is 0 Å². The Morgan fingerprint density at radius 1 is 1.00 bits per heavy atom. The summed E-state index contributed by atoms with van der Waals surface area (Å²) in [5, 5.41) is 18.0. The SMILES string of the molecule is CN(C)c1ccc([C@@H](Nc2nccs2)c2ccc3cccnc3c2O)cc1. The van der Waals surface area contributed by atoms with Gasteiger partial charge in [0.05, 0.1) is 6.04 Å². The van der Waals surface area contributed by atoms with E-state index in [-0.39, 0.29) is 11.8 Å². The maximum atomic E-state index is 10.9. The van der Waals surface area contributed by atoms with E-state index in [4.69, 9.17) is 0 Å². The summed E-state index contributed by atoms with van der Waals surface area (Å²) in [5.74, 6) is 0.193. The number of anilines is 2. The molecule has 0 spiro atoms. The number of rotatable bonds is 5. The average molecular weight is 376 g/mol. The molecular weight excluding hydrogens is 356 g/mol. The van der Waals surface area contributed by atoms with Gasteiger partial charge in [-0.2, -0.15) is 0 Å². The van der Waals surface area contributed by atoms with Crippen molar-refractivity contribution < 1.29 is 5.11 Å². The van der Waals surface area contributed by atoms with Gasteiger partial charge in [-0.3, -0.25) is 4.98 Å². The lowest BCUT2D eigenvalue weighted by Crippen LogP contribution is -2.13. The van der Waals surface area contributed by atoms with Gasteiger partial charge in [-0.15, -0.1) is 11.3 Å². The number of hydrogen-bond acceptors (Lipinski definition) is 6. The first-order valence-electron chi connectivity index (χ1n) is 8.63. The molecule has 6 heteroatoms. The number of fused-ring (bicyclic) bond motifs is 1. The number of phenolic OH excluding ortho intramolecular Hbond substituents is 1. The Morgan fingerprint density at radius 2 is 1.81 bits per heavy atom. The molecule has 0 aliphatic carbocycles. The number of aromatic nitrogens is 2. The fraction of sp³-hybridized carbons (Fsp3) is 0.143. The van der Waals surface area contributed by atoms with E-state index in [1.165, 1.54) is 11.3 Å². The number of pyridine rings is 1. The number of benzene rings is 2. The molecule has 0 aliphatic rings. The fourth-order valence-electron chi connectivity index (χ4n) is 3.10. The summed E-state index contributed by atoms with van der Waals surface area (Å²) in [4.78, 5) is 10.8. The Balaban J connectivity index is 1.81. The molecule has 4 rings (SSSR count). The number of nitrogens with one attached hydrogen (secondary N) is 1. The zero-order valence-electron chi connectivity index (χ0n) is 15.1. The summed E-state index contributed by atoms with van der Waals surface area (Å²) in [6.07, 6.45) is 3.46. The van der Waals surface area contributed by atoms with Crippen LogP contribution in [0.5, 0.6) is 5.75 Å². The predicted octanol–water partition coefficient (Wildman–Crippen LogP) is 4.66. The highest BCUT2D eigenvalue weighted by Crippen LogP contribution is 2.37. The molecule has 0 radical (unpaired) electrons. The second-order valence-corrected chi connectivity index (χ2v) is 7.37. The molecule has 0 unspecified atom stereocenters. The predicted molar refractivity (Wildman–Crippen MR) is 112 cm³/mol. The Hall–Kier alpha value is -3.12. The minimum atomic E-state index is -0.237. The van der Waals surface area contributed by atoms with Gasteiger partial charge in [0.2, 0.25) is 0 Å². The maximum Gasteiger partial charge on any atom is 0.183 e. The Labute approximate surface area is 162 Å². The standard InChI is InChI=1S/C21H20N4OS/c1-25(2)16-8-5-15(6-9-16)18(24-21-23-12-13-27-21)17-10-7-14-4-3-11-22-19(14)20(17)26/h3-13,18,26H,1-2H3,(H,23,24)/t18-/m1/s1. The third-order valence-electron chi connectivity index (χ3n) is 4.53. The number of thiazole rings is 1. The lowest BCUT2D eigenvalue weighted by molar-refractivity contribution is 0.472. The molecule has 0 aliphatic heterocycles. The minimum absolute atomic E-state index is 0.193. The van der Waals surface area contributed by atoms with Crippen molar-refractivity contribution in [3.8, 4) is 5.75 Å². The monoisotopic (exact) mass is 376 g/mol. The number of phenols is 1. The summed E-state index contributed by atoms with van der Waals surface area (Å²) in [6, 6.07) is 15.8. The second kappa shape index (κ2) is 7.25. The first kappa shape index (κ1) is 17.3. The van der Waals surface area contributed by atoms with Crippen LogP contribution in [0.2, 0.25) is 0 Å². The largest absolute Gasteiger partial charge is 0.505 e. The molecule has 5 nitrogen and oxygen atoms in total. The smallest absolute Gasteiger partial charge is 0.183 e. The number of aromatic hydroxyl groups is 1. The highest BCUT2D eigenvalue weighted by molar-refractivity contribution is 7.13. The van der Waals surface area contributed by atoms with E-state index in [0.717, 1.165) is 27.3 Å². The van der Waals surface area contributed by atoms with Crippen molar-refractivity contribution in [1.29, 1.82) is 0 Å². The normalized spacial score (nSPS) is 12.1. The molecule has 0 fully saturated rings. The molecule has 2 aromatic carbocycles. The van der Waals surface area contributed by atoms with E-state index in [0.29, 0.717) is 5.52 Å². The van der Waals surface area contributed by atoms with Gasteiger partial charge in [0, 0.05) is 48.5 Å². The average Bonchev–Trinajstić information content (AvgIpc) is 3.20. The van der Waals surface area contributed by atoms with Crippen molar-refractivity contribution in [1.82, 2.24) is 9.97 Å². The van der Waals surface area contributed by atoms with E-state index in [9.17, 15) is 5.11 Å². The van der Waals surface area contributed by atoms with Crippen LogP contribution in [0.15, 0.2) is 66.3 Å². The second-order valence-electron chi connectivity index (χ2n) is 6.48. The van der Waals surface area contributed by atoms with Gasteiger partial charge in [0.25, 0.3) is 0 Å². The van der Waals surface area contributed by atoms with Crippen LogP contribution in [-0.2, 0) is 0 Å². The lowest BCUT2D eigenvalue weighted by atomic mass is 9.96. The van der Waals surface area contributed by atoms with Crippen molar-refractivity contribution in [2.24, 2.45) is 0 Å². The highest BCUT2D eigenvalue weighted by atomic mass is 32.1. The minimum Gasteiger partial charge on any atom is -0.505 e. The number of nitrogens with zero attached hydrogens (tertiary/aromatic N) is 3. The van der Waals surface area contributed by atoms with Crippen LogP contribution < -0.4 is 10.2 Å². The summed E-state index contributed by atoms with van der Waals surface area (Å²) in [6.45, 7) is 0. The molecule has 0 saturated heterocycles. The third-order valence-corrected chi connectivity index (χ3v) is 5.24. The molecule has 136 valence electrons. The van der Waals surface area contributed by atoms with Gasteiger partial charge in [-0.25, -0.2) is 4.98 Å². The van der Waals surface area contributed by atoms with Gasteiger partial charge in [0.1, 0.15) is 11.3 Å². The molecule has 2 aromatic heterocycles. The molecule has 2 N–H and O–H groups in total. The van der Waals surface area contributed by atoms with Crippen LogP contribution in [0.1, 0.15) is 17.2 Å². The van der Waals surface area contributed by atoms with Crippen LogP contribution in [0.25, 0.3) is 10.9 Å². The third kappa shape index (κ3) is 3.44. The molecule has 0 saturated carbocycles. The van der Waals surface area contributed by atoms with Crippen molar-refractivity contribution in [3.05, 3.63) is 77.4 Å². The van der Waals surface area contributed by atoms with Gasteiger partial charge in [-0.05, 0) is 23.8 Å². The van der Waals surface area contributed by atoms with Gasteiger partial charge in [-0.1, -0.05) is 30.3 Å². The molecule has 27 heavy (non-hydrogen) atoms. The molecule has 1 atom stereocenters. The summed E-state index contributed by atoms with van der Waals surface area (Å²) >= 11 is 1.53. The van der Waals surface area contributed by atoms with Crippen molar-refractivity contribution >= 4 is 33.1 Å². The van der Waals surface area contributed by atoms with Crippen molar-refractivity contribution in [2.45, 2.75) is 6.04 Å². The Kier molecular flexibility index (Phi) is 4.64. The fourth-order valence-corrected chi connectivity index (χ4v) is 3.66. The zero-order chi connectivity index (χ0) is 18.8. The van der Waals surface area contributed by atoms with Crippen LogP contribution >= 0.6 is 11.3 Å². The van der Waals surface area contributed by atoms with E-state index in [1.807, 2.05) is 43.7 Å². The van der Waals surface area contributed by atoms with Crippen LogP contribution in [0.4, 0.5) is 10.8 Å². The first-order valence-corrected chi connectivity index (χ1v) is 9.51. The lowest BCUT2D eigenvalue weighted by Gasteiger charge is -2.22. The maximum absolute atomic E-state index is 10.9. The molecule has 4 aromatic rings. The van der Waals surface area contributed by atoms with Gasteiger partial charge in [0.15, 0.2) is 5.13 Å². The molecule has 0 bridgehead atoms. The summed E-state index contributed by atoms with van der Waals surface area (Å²) in [7, 11) is 4.03. The molecule has 2 heterocycles. The van der Waals surface area contributed by atoms with E-state index in [1.54, 1.807) is 12.4 Å². The quantitative estimate of drug-likeness (QED) is 0.530. The summed E-state index contributed by atoms with van der Waals surface area (Å²) in [5.41, 5.74) is 3.54. The first-order chi connectivity index (χ1) is 13.1. The van der Waals surface area contributed by atoms with Crippen LogP contribution in [-0.4, -0.2) is 29.2 Å². The summed E-state index contributed by atoms with van der Waals surface area (Å²) < 4.78 is 0. The Bertz CT molecular complexity index is 1050. The van der Waals surface area contributed by atoms with Gasteiger partial charge < -0.3 is 15.3 Å². The number of hydrogen-bond donors (Lipinski definition) is 2. The van der Waals surface area contributed by atoms with Crippen LogP contribution in [0, 0.1) is 0 Å². The van der Waals surface area contributed by atoms with Crippen LogP contribution in [0.3, 0.4) is 0 Å². The topological polar surface area (TPSA) is 61.3 Å². The molecular formula is C21H20N4OS. The molecule has 0 amide bonds. The van der Waals surface area contributed by atoms with E-state index in [2.05, 4.69) is 44.5 Å². The van der Waals surface area contributed by atoms with Crippen molar-refractivity contribution in [3.63, 3.8) is 0 Å². The van der Waals surface area contributed by atoms with E-state index < -0.39 is 0 Å². The zero-order valence-corrected chi connectivity index (χ0v) is 15.9.